The van der Waals surface area contributed by atoms with E-state index >= 15 is 0 Å². The van der Waals surface area contributed by atoms with Gasteiger partial charge in [-0.15, -0.1) is 0 Å². The molecule has 0 amide bonds. The van der Waals surface area contributed by atoms with Crippen LogP contribution >= 0.6 is 8.38 Å². The van der Waals surface area contributed by atoms with Crippen molar-refractivity contribution in [2.24, 2.45) is 0 Å². The largest absolute Gasteiger partial charge is 1.00 e. The fraction of sp³-hybridized carbons (Fsp3) is 0.500. The Morgan fingerprint density at radius 3 is 1.50 bits per heavy atom. The molecule has 0 unspecified atom stereocenters. The Bertz CT molecular complexity index is 66.3. The van der Waals surface area contributed by atoms with E-state index in [1.165, 1.54) is 0 Å². The molecule has 0 saturated heterocycles. The summed E-state index contributed by atoms with van der Waals surface area (Å²) in [4.78, 5) is 28.3. The summed E-state index contributed by atoms with van der Waals surface area (Å²) in [6.07, 6.45) is 0. The van der Waals surface area contributed by atoms with Crippen LogP contribution in [-0.2, 0) is 4.79 Å². The molecular weight excluding hydrogens is 149 g/mol. The molecule has 0 aromatic rings. The average molecular weight is 152 g/mol. The molecular formula is C2H3Na2O3P. The summed E-state index contributed by atoms with van der Waals surface area (Å²) in [5.41, 5.74) is -0.787. The third-order valence-corrected chi connectivity index (χ3v) is 0.771. The summed E-state index contributed by atoms with van der Waals surface area (Å²) in [6, 6.07) is 0. The van der Waals surface area contributed by atoms with Crippen molar-refractivity contribution in [2.75, 3.05) is 0 Å². The zero-order valence-corrected chi connectivity index (χ0v) is 10.1. The van der Waals surface area contributed by atoms with Crippen LogP contribution in [0, 0.1) is 0 Å². The van der Waals surface area contributed by atoms with Gasteiger partial charge in [0, 0.05) is 0 Å². The smallest absolute Gasteiger partial charge is 0.836 e. The van der Waals surface area contributed by atoms with E-state index in [2.05, 4.69) is 0 Å². The van der Waals surface area contributed by atoms with Crippen molar-refractivity contribution in [1.29, 1.82) is 0 Å². The minimum Gasteiger partial charge on any atom is -0.836 e. The Morgan fingerprint density at radius 2 is 1.50 bits per heavy atom. The molecule has 3 nitrogen and oxygen atoms in total. The predicted molar refractivity (Wildman–Crippen MR) is 17.6 cm³/mol. The summed E-state index contributed by atoms with van der Waals surface area (Å²) in [7, 11) is -2.80. The molecule has 0 saturated carbocycles. The molecule has 36 valence electrons. The van der Waals surface area contributed by atoms with E-state index in [0.717, 1.165) is 6.92 Å². The van der Waals surface area contributed by atoms with E-state index in [4.69, 9.17) is 0 Å². The van der Waals surface area contributed by atoms with Gasteiger partial charge in [0.25, 0.3) is 0 Å². The zero-order valence-electron chi connectivity index (χ0n) is 5.17. The van der Waals surface area contributed by atoms with Crippen molar-refractivity contribution in [3.05, 3.63) is 0 Å². The Labute approximate surface area is 93.4 Å². The topological polar surface area (TPSA) is 63.2 Å². The van der Waals surface area contributed by atoms with Gasteiger partial charge in [-0.3, -0.25) is 4.79 Å². The van der Waals surface area contributed by atoms with Crippen molar-refractivity contribution >= 4 is 13.9 Å². The maximum atomic E-state index is 9.55. The van der Waals surface area contributed by atoms with Crippen molar-refractivity contribution in [3.63, 3.8) is 0 Å². The molecule has 0 aliphatic carbocycles. The monoisotopic (exact) mass is 152 g/mol. The van der Waals surface area contributed by atoms with Crippen LogP contribution in [0.15, 0.2) is 0 Å². The van der Waals surface area contributed by atoms with Gasteiger partial charge in [0.1, 0.15) is 5.52 Å². The minimum absolute atomic E-state index is 0. The zero-order chi connectivity index (χ0) is 5.15. The number of hydrogen-bond donors (Lipinski definition) is 0. The van der Waals surface area contributed by atoms with Crippen LogP contribution < -0.4 is 68.9 Å². The summed E-state index contributed by atoms with van der Waals surface area (Å²) >= 11 is 0. The van der Waals surface area contributed by atoms with Gasteiger partial charge in [-0.2, -0.15) is 0 Å². The molecule has 0 N–H and O–H groups in total. The van der Waals surface area contributed by atoms with Gasteiger partial charge in [0.05, 0.1) is 0 Å². The first-order valence-electron chi connectivity index (χ1n) is 1.29. The van der Waals surface area contributed by atoms with E-state index in [0.29, 0.717) is 0 Å². The van der Waals surface area contributed by atoms with Crippen LogP contribution in [0.1, 0.15) is 6.92 Å². The van der Waals surface area contributed by atoms with Gasteiger partial charge in [0.15, 0.2) is 0 Å². The van der Waals surface area contributed by atoms with Gasteiger partial charge < -0.3 is 9.79 Å². The molecule has 0 radical (unpaired) electrons. The van der Waals surface area contributed by atoms with E-state index in [-0.39, 0.29) is 59.1 Å². The third kappa shape index (κ3) is 10.9. The summed E-state index contributed by atoms with van der Waals surface area (Å²) in [6.45, 7) is 1.01. The SMILES string of the molecule is CC(=O)P([O-])[O-].[Na+].[Na+]. The Morgan fingerprint density at radius 1 is 1.38 bits per heavy atom. The van der Waals surface area contributed by atoms with E-state index in [9.17, 15) is 14.6 Å². The van der Waals surface area contributed by atoms with Gasteiger partial charge in [-0.25, -0.2) is 8.38 Å². The van der Waals surface area contributed by atoms with Crippen molar-refractivity contribution in [1.82, 2.24) is 0 Å². The van der Waals surface area contributed by atoms with Gasteiger partial charge in [0.2, 0.25) is 0 Å². The van der Waals surface area contributed by atoms with Crippen molar-refractivity contribution in [2.45, 2.75) is 6.92 Å². The average Bonchev–Trinajstić information content (AvgIpc) is 1.36. The second-order valence-electron chi connectivity index (χ2n) is 0.776. The minimum atomic E-state index is -2.80. The molecule has 0 rings (SSSR count). The number of carbonyl (C=O) groups excluding carboxylic acids is 1. The van der Waals surface area contributed by atoms with Crippen molar-refractivity contribution in [3.8, 4) is 0 Å². The van der Waals surface area contributed by atoms with Crippen LogP contribution in [0.4, 0.5) is 0 Å². The molecule has 0 heterocycles. The number of carbonyl (C=O) groups is 1. The molecule has 0 aliphatic rings. The predicted octanol–water partition coefficient (Wildman–Crippen LogP) is -7.43. The Balaban J connectivity index is -0.000000125. The number of rotatable bonds is 1. The van der Waals surface area contributed by atoms with Crippen molar-refractivity contribution < 1.29 is 73.7 Å². The fourth-order valence-corrected chi connectivity index (χ4v) is 0. The van der Waals surface area contributed by atoms with Gasteiger partial charge in [-0.1, -0.05) is 0 Å². The first-order chi connectivity index (χ1) is 2.64. The Kier molecular flexibility index (Phi) is 18.7. The number of hydrogen-bond acceptors (Lipinski definition) is 3. The summed E-state index contributed by atoms with van der Waals surface area (Å²) < 4.78 is 0. The van der Waals surface area contributed by atoms with Crippen LogP contribution in [0.3, 0.4) is 0 Å². The quantitative estimate of drug-likeness (QED) is 0.277. The standard InChI is InChI=1S/C2H3O3P.2Na/c1-2(3)6(4)5;;/h1H3;;/q-2;2*+1. The Hall–Kier alpha value is 2.02. The van der Waals surface area contributed by atoms with E-state index in [1.54, 1.807) is 0 Å². The normalized spacial score (nSPS) is 7.00. The molecule has 8 heavy (non-hydrogen) atoms. The second-order valence-corrected chi connectivity index (χ2v) is 1.92. The third-order valence-electron chi connectivity index (χ3n) is 0.257. The first kappa shape index (κ1) is 16.5. The molecule has 0 aromatic heterocycles. The maximum absolute atomic E-state index is 9.55. The summed E-state index contributed by atoms with van der Waals surface area (Å²) in [5.74, 6) is 0. The molecule has 0 aliphatic heterocycles. The molecule has 0 atom stereocenters. The molecule has 0 spiro atoms. The van der Waals surface area contributed by atoms with Gasteiger partial charge in [-0.05, 0) is 6.92 Å². The fourth-order valence-electron chi connectivity index (χ4n) is 0. The first-order valence-corrected chi connectivity index (χ1v) is 2.47. The molecule has 0 aromatic carbocycles. The second kappa shape index (κ2) is 9.02. The molecule has 6 heteroatoms. The van der Waals surface area contributed by atoms with E-state index < -0.39 is 13.9 Å². The van der Waals surface area contributed by atoms with Gasteiger partial charge >= 0.3 is 59.1 Å². The van der Waals surface area contributed by atoms with Crippen LogP contribution in [0.2, 0.25) is 0 Å². The molecule has 0 bridgehead atoms. The summed E-state index contributed by atoms with van der Waals surface area (Å²) in [5, 5.41) is 0. The maximum Gasteiger partial charge on any atom is 1.00 e. The van der Waals surface area contributed by atoms with E-state index in [1.807, 2.05) is 0 Å². The van der Waals surface area contributed by atoms with Crippen LogP contribution in [0.5, 0.6) is 0 Å². The molecule has 0 fully saturated rings. The van der Waals surface area contributed by atoms with Crippen LogP contribution in [-0.4, -0.2) is 5.52 Å². The van der Waals surface area contributed by atoms with Crippen LogP contribution in [0.25, 0.3) is 0 Å².